The van der Waals surface area contributed by atoms with Crippen molar-refractivity contribution in [3.05, 3.63) is 77.4 Å². The van der Waals surface area contributed by atoms with Crippen molar-refractivity contribution in [1.82, 2.24) is 5.32 Å². The van der Waals surface area contributed by atoms with Crippen LogP contribution in [0.3, 0.4) is 0 Å². The fraction of sp³-hybridized carbons (Fsp3) is 0.208. The van der Waals surface area contributed by atoms with Crippen LogP contribution in [0.1, 0.15) is 16.7 Å². The van der Waals surface area contributed by atoms with Crippen molar-refractivity contribution in [3.63, 3.8) is 0 Å². The lowest BCUT2D eigenvalue weighted by molar-refractivity contribution is -0.147. The molecule has 0 atom stereocenters. The molecule has 2 amide bonds. The molecule has 0 saturated carbocycles. The Balaban J connectivity index is 1.45. The van der Waals surface area contributed by atoms with Gasteiger partial charge in [-0.25, -0.2) is 0 Å². The summed E-state index contributed by atoms with van der Waals surface area (Å²) in [6.07, 6.45) is 0.0711. The molecular weight excluding hydrogens is 380 g/mol. The number of carbonyl (C=O) groups is 3. The molecule has 6 heteroatoms. The maximum Gasteiger partial charge on any atom is 0.310 e. The van der Waals surface area contributed by atoms with Gasteiger partial charge in [0.05, 0.1) is 13.0 Å². The molecule has 0 radical (unpaired) electrons. The second kappa shape index (κ2) is 9.69. The van der Waals surface area contributed by atoms with Gasteiger partial charge in [-0.2, -0.15) is 0 Å². The summed E-state index contributed by atoms with van der Waals surface area (Å²) in [6, 6.07) is 19.2. The van der Waals surface area contributed by atoms with Gasteiger partial charge < -0.3 is 15.4 Å². The van der Waals surface area contributed by atoms with Gasteiger partial charge >= 0.3 is 5.97 Å². The number of hydrogen-bond donors (Lipinski definition) is 2. The molecule has 0 bridgehead atoms. The molecule has 0 aliphatic heterocycles. The Morgan fingerprint density at radius 1 is 0.833 bits per heavy atom. The van der Waals surface area contributed by atoms with Gasteiger partial charge in [0.25, 0.3) is 5.91 Å². The van der Waals surface area contributed by atoms with Crippen LogP contribution in [-0.4, -0.2) is 30.9 Å². The number of aryl methyl sites for hydroxylation is 2. The maximum absolute atomic E-state index is 12.1. The molecule has 0 fully saturated rings. The zero-order valence-electron chi connectivity index (χ0n) is 17.0. The maximum atomic E-state index is 12.1. The minimum absolute atomic E-state index is 0.0711. The highest BCUT2D eigenvalue weighted by molar-refractivity contribution is 5.96. The van der Waals surface area contributed by atoms with Gasteiger partial charge in [0.1, 0.15) is 0 Å². The normalized spacial score (nSPS) is 10.5. The van der Waals surface area contributed by atoms with Crippen LogP contribution in [-0.2, 0) is 25.5 Å². The fourth-order valence-corrected chi connectivity index (χ4v) is 3.22. The molecule has 154 valence electrons. The minimum atomic E-state index is -0.530. The van der Waals surface area contributed by atoms with Crippen LogP contribution in [0.2, 0.25) is 0 Å². The third-order valence-electron chi connectivity index (χ3n) is 4.77. The van der Waals surface area contributed by atoms with Gasteiger partial charge in [-0.1, -0.05) is 60.7 Å². The van der Waals surface area contributed by atoms with Crippen LogP contribution in [0.15, 0.2) is 60.7 Å². The van der Waals surface area contributed by atoms with Crippen LogP contribution in [0.25, 0.3) is 10.8 Å². The van der Waals surface area contributed by atoms with E-state index in [1.807, 2.05) is 74.5 Å². The molecule has 0 unspecified atom stereocenters. The van der Waals surface area contributed by atoms with Gasteiger partial charge in [0.2, 0.25) is 5.91 Å². The number of nitrogens with one attached hydrogen (secondary N) is 2. The SMILES string of the molecule is Cc1cccc(C)c1NC(=O)CNC(=O)COC(=O)Cc1cccc2ccccc12. The lowest BCUT2D eigenvalue weighted by atomic mass is 10.0. The van der Waals surface area contributed by atoms with Gasteiger partial charge in [0.15, 0.2) is 6.61 Å². The molecule has 30 heavy (non-hydrogen) atoms. The highest BCUT2D eigenvalue weighted by Crippen LogP contribution is 2.20. The largest absolute Gasteiger partial charge is 0.455 e. The summed E-state index contributed by atoms with van der Waals surface area (Å²) in [7, 11) is 0. The van der Waals surface area contributed by atoms with E-state index in [4.69, 9.17) is 4.74 Å². The molecule has 2 N–H and O–H groups in total. The number of amides is 2. The standard InChI is InChI=1S/C24H24N2O4/c1-16-7-5-8-17(2)24(16)26-21(27)14-25-22(28)15-30-23(29)13-19-11-6-10-18-9-3-4-12-20(18)19/h3-12H,13-15H2,1-2H3,(H,25,28)(H,26,27). The number of carbonyl (C=O) groups excluding carboxylic acids is 3. The molecule has 0 saturated heterocycles. The number of para-hydroxylation sites is 1. The van der Waals surface area contributed by atoms with Crippen molar-refractivity contribution in [1.29, 1.82) is 0 Å². The molecule has 0 aliphatic carbocycles. The first-order chi connectivity index (χ1) is 14.4. The molecule has 3 aromatic rings. The quantitative estimate of drug-likeness (QED) is 0.592. The van der Waals surface area contributed by atoms with Crippen LogP contribution in [0.4, 0.5) is 5.69 Å². The van der Waals surface area contributed by atoms with Crippen LogP contribution in [0, 0.1) is 13.8 Å². The topological polar surface area (TPSA) is 84.5 Å². The second-order valence-corrected chi connectivity index (χ2v) is 7.07. The number of ether oxygens (including phenoxy) is 1. The van der Waals surface area contributed by atoms with Crippen molar-refractivity contribution >= 4 is 34.2 Å². The van der Waals surface area contributed by atoms with Crippen molar-refractivity contribution < 1.29 is 19.1 Å². The predicted molar refractivity (Wildman–Crippen MR) is 116 cm³/mol. The van der Waals surface area contributed by atoms with Gasteiger partial charge in [0, 0.05) is 5.69 Å². The fourth-order valence-electron chi connectivity index (χ4n) is 3.22. The second-order valence-electron chi connectivity index (χ2n) is 7.07. The Morgan fingerprint density at radius 2 is 1.50 bits per heavy atom. The Kier molecular flexibility index (Phi) is 6.80. The summed E-state index contributed by atoms with van der Waals surface area (Å²) < 4.78 is 5.06. The zero-order valence-corrected chi connectivity index (χ0v) is 17.0. The molecule has 3 rings (SSSR count). The highest BCUT2D eigenvalue weighted by Gasteiger charge is 2.12. The zero-order chi connectivity index (χ0) is 21.5. The molecule has 6 nitrogen and oxygen atoms in total. The van der Waals surface area contributed by atoms with Crippen LogP contribution in [0.5, 0.6) is 0 Å². The predicted octanol–water partition coefficient (Wildman–Crippen LogP) is 3.30. The number of anilines is 1. The molecule has 0 aromatic heterocycles. The number of hydrogen-bond acceptors (Lipinski definition) is 4. The van der Waals surface area contributed by atoms with Crippen molar-refractivity contribution in [2.45, 2.75) is 20.3 Å². The first-order valence-electron chi connectivity index (χ1n) is 9.69. The van der Waals surface area contributed by atoms with E-state index < -0.39 is 18.5 Å². The third-order valence-corrected chi connectivity index (χ3v) is 4.77. The van der Waals surface area contributed by atoms with E-state index in [1.165, 1.54) is 0 Å². The smallest absolute Gasteiger partial charge is 0.310 e. The summed E-state index contributed by atoms with van der Waals surface area (Å²) in [4.78, 5) is 36.2. The number of fused-ring (bicyclic) bond motifs is 1. The molecule has 3 aromatic carbocycles. The summed E-state index contributed by atoms with van der Waals surface area (Å²) in [6.45, 7) is 3.17. The number of esters is 1. The molecule has 0 aliphatic rings. The molecule has 0 heterocycles. The van der Waals surface area contributed by atoms with Crippen LogP contribution >= 0.6 is 0 Å². The van der Waals surface area contributed by atoms with Crippen molar-refractivity contribution in [2.75, 3.05) is 18.5 Å². The average Bonchev–Trinajstić information content (AvgIpc) is 2.74. The summed E-state index contributed by atoms with van der Waals surface area (Å²) >= 11 is 0. The van der Waals surface area contributed by atoms with Crippen molar-refractivity contribution in [3.8, 4) is 0 Å². The number of benzene rings is 3. The summed E-state index contributed by atoms with van der Waals surface area (Å²) in [5, 5.41) is 7.26. The Hall–Kier alpha value is -3.67. The first kappa shape index (κ1) is 21.0. The van der Waals surface area contributed by atoms with E-state index in [-0.39, 0.29) is 18.9 Å². The van der Waals surface area contributed by atoms with E-state index in [0.717, 1.165) is 33.2 Å². The van der Waals surface area contributed by atoms with Crippen molar-refractivity contribution in [2.24, 2.45) is 0 Å². The average molecular weight is 404 g/mol. The van der Waals surface area contributed by atoms with E-state index >= 15 is 0 Å². The summed E-state index contributed by atoms with van der Waals surface area (Å²) in [5.74, 6) is -1.37. The lowest BCUT2D eigenvalue weighted by Gasteiger charge is -2.12. The first-order valence-corrected chi connectivity index (χ1v) is 9.69. The molecular formula is C24H24N2O4. The van der Waals surface area contributed by atoms with Gasteiger partial charge in [-0.05, 0) is 41.3 Å². The molecule has 0 spiro atoms. The Labute approximate surface area is 175 Å². The minimum Gasteiger partial charge on any atom is -0.455 e. The van der Waals surface area contributed by atoms with Gasteiger partial charge in [-0.3, -0.25) is 14.4 Å². The monoisotopic (exact) mass is 404 g/mol. The highest BCUT2D eigenvalue weighted by atomic mass is 16.5. The number of rotatable bonds is 7. The Bertz CT molecular complexity index is 1070. The lowest BCUT2D eigenvalue weighted by Crippen LogP contribution is -2.35. The van der Waals surface area contributed by atoms with E-state index in [1.54, 1.807) is 0 Å². The van der Waals surface area contributed by atoms with Gasteiger partial charge in [-0.15, -0.1) is 0 Å². The van der Waals surface area contributed by atoms with E-state index in [2.05, 4.69) is 10.6 Å². The Morgan fingerprint density at radius 3 is 2.27 bits per heavy atom. The van der Waals surface area contributed by atoms with Crippen LogP contribution < -0.4 is 10.6 Å². The van der Waals surface area contributed by atoms with E-state index in [0.29, 0.717) is 0 Å². The van der Waals surface area contributed by atoms with E-state index in [9.17, 15) is 14.4 Å². The third kappa shape index (κ3) is 5.44. The summed E-state index contributed by atoms with van der Waals surface area (Å²) in [5.41, 5.74) is 3.46.